The van der Waals surface area contributed by atoms with Crippen LogP contribution in [0.2, 0.25) is 0 Å². The van der Waals surface area contributed by atoms with Crippen LogP contribution in [0.3, 0.4) is 0 Å². The minimum atomic E-state index is -4.35. The van der Waals surface area contributed by atoms with E-state index < -0.39 is 21.0 Å². The average molecular weight is 208 g/mol. The Hall–Kier alpha value is -0.803. The third kappa shape index (κ3) is 3.16. The first-order valence-electron chi connectivity index (χ1n) is 3.20. The summed E-state index contributed by atoms with van der Waals surface area (Å²) in [5.41, 5.74) is -0.296. The second-order valence-electron chi connectivity index (χ2n) is 2.29. The van der Waals surface area contributed by atoms with Crippen molar-refractivity contribution in [2.24, 2.45) is 0 Å². The third-order valence-corrected chi connectivity index (χ3v) is 2.22. The van der Waals surface area contributed by atoms with E-state index in [0.29, 0.717) is 0 Å². The minimum Gasteiger partial charge on any atom is -0.545 e. The van der Waals surface area contributed by atoms with Gasteiger partial charge in [-0.1, -0.05) is 12.1 Å². The Bertz CT molecular complexity index is 439. The van der Waals surface area contributed by atoms with Crippen molar-refractivity contribution in [1.82, 2.24) is 0 Å². The molecule has 0 saturated heterocycles. The number of benzene rings is 1. The number of carboxylic acid groups (broad SMARTS) is 1. The van der Waals surface area contributed by atoms with Crippen molar-refractivity contribution in [2.45, 2.75) is 4.90 Å². The summed E-state index contributed by atoms with van der Waals surface area (Å²) in [5.74, 6) is -1.49. The Balaban J connectivity index is 0.00000169. The number of rotatable bonds is 2. The van der Waals surface area contributed by atoms with Crippen molar-refractivity contribution in [1.29, 1.82) is 0 Å². The van der Waals surface area contributed by atoms with Crippen molar-refractivity contribution in [2.75, 3.05) is 0 Å². The van der Waals surface area contributed by atoms with E-state index in [0.717, 1.165) is 12.1 Å². The van der Waals surface area contributed by atoms with E-state index in [2.05, 4.69) is 0 Å². The van der Waals surface area contributed by atoms with Crippen LogP contribution in [0.25, 0.3) is 0 Å². The van der Waals surface area contributed by atoms with E-state index in [-0.39, 0.29) is 24.4 Å². The van der Waals surface area contributed by atoms with Gasteiger partial charge in [-0.2, -0.15) is 8.42 Å². The molecule has 0 aromatic heterocycles. The molecule has 0 spiro atoms. The fraction of sp³-hybridized carbons (Fsp3) is 0. The minimum absolute atomic E-state index is 0. The van der Waals surface area contributed by atoms with Gasteiger partial charge < -0.3 is 9.90 Å². The maximum atomic E-state index is 10.5. The van der Waals surface area contributed by atoms with E-state index in [1.54, 1.807) is 0 Å². The zero-order valence-electron chi connectivity index (χ0n) is 7.30. The molecule has 0 heterocycles. The Morgan fingerprint density at radius 1 is 1.36 bits per heavy atom. The Labute approximate surface area is 92.7 Å². The van der Waals surface area contributed by atoms with Crippen LogP contribution in [0.5, 0.6) is 0 Å². The summed E-state index contributed by atoms with van der Waals surface area (Å²) in [5, 5.41) is 10.3. The van der Waals surface area contributed by atoms with Gasteiger partial charge in [-0.15, -0.1) is 0 Å². The average Bonchev–Trinajstić information content (AvgIpc) is 2.03. The molecule has 0 saturated carbocycles. The summed E-state index contributed by atoms with van der Waals surface area (Å²) in [7, 11) is -4.35. The van der Waals surface area contributed by atoms with Gasteiger partial charge in [-0.3, -0.25) is 4.55 Å². The maximum Gasteiger partial charge on any atom is 1.00 e. The third-order valence-electron chi connectivity index (χ3n) is 1.37. The molecular formula is C7H5LiO5S. The molecule has 1 rings (SSSR count). The van der Waals surface area contributed by atoms with Gasteiger partial charge in [0, 0.05) is 0 Å². The van der Waals surface area contributed by atoms with Crippen LogP contribution in [0.15, 0.2) is 29.2 Å². The van der Waals surface area contributed by atoms with Crippen LogP contribution >= 0.6 is 0 Å². The van der Waals surface area contributed by atoms with Crippen LogP contribution in [0.4, 0.5) is 0 Å². The summed E-state index contributed by atoms with van der Waals surface area (Å²) in [4.78, 5) is 9.83. The number of carbonyl (C=O) groups excluding carboxylic acids is 1. The summed E-state index contributed by atoms with van der Waals surface area (Å²) < 4.78 is 29.7. The molecular weight excluding hydrogens is 203 g/mol. The SMILES string of the molecule is O=C([O-])c1cccc(S(=O)(=O)O)c1.[Li+]. The van der Waals surface area contributed by atoms with E-state index in [1.807, 2.05) is 0 Å². The van der Waals surface area contributed by atoms with E-state index in [9.17, 15) is 18.3 Å². The molecule has 7 heteroatoms. The molecule has 0 aliphatic heterocycles. The molecule has 14 heavy (non-hydrogen) atoms. The largest absolute Gasteiger partial charge is 1.00 e. The first kappa shape index (κ1) is 13.2. The summed E-state index contributed by atoms with van der Waals surface area (Å²) in [6.45, 7) is 0. The van der Waals surface area contributed by atoms with Crippen LogP contribution in [0, 0.1) is 0 Å². The van der Waals surface area contributed by atoms with Crippen molar-refractivity contribution >= 4 is 16.1 Å². The number of aromatic carboxylic acids is 1. The first-order valence-corrected chi connectivity index (χ1v) is 4.64. The number of carboxylic acids is 1. The zero-order valence-corrected chi connectivity index (χ0v) is 8.11. The Kier molecular flexibility index (Phi) is 4.35. The fourth-order valence-electron chi connectivity index (χ4n) is 0.784. The fourth-order valence-corrected chi connectivity index (χ4v) is 1.31. The molecule has 5 nitrogen and oxygen atoms in total. The van der Waals surface area contributed by atoms with Gasteiger partial charge in [-0.25, -0.2) is 0 Å². The van der Waals surface area contributed by atoms with Gasteiger partial charge in [-0.05, 0) is 17.7 Å². The van der Waals surface area contributed by atoms with Gasteiger partial charge >= 0.3 is 18.9 Å². The normalized spacial score (nSPS) is 10.4. The molecule has 70 valence electrons. The second-order valence-corrected chi connectivity index (χ2v) is 3.71. The second kappa shape index (κ2) is 4.62. The smallest absolute Gasteiger partial charge is 0.545 e. The van der Waals surface area contributed by atoms with Gasteiger partial charge in [0.15, 0.2) is 0 Å². The van der Waals surface area contributed by atoms with Crippen LogP contribution in [-0.2, 0) is 10.1 Å². The number of hydrogen-bond donors (Lipinski definition) is 1. The van der Waals surface area contributed by atoms with Crippen molar-refractivity contribution in [3.63, 3.8) is 0 Å². The molecule has 0 amide bonds. The van der Waals surface area contributed by atoms with Gasteiger partial charge in [0.05, 0.1) is 10.9 Å². The first-order chi connectivity index (χ1) is 5.91. The van der Waals surface area contributed by atoms with Gasteiger partial charge in [0.25, 0.3) is 10.1 Å². The van der Waals surface area contributed by atoms with Crippen molar-refractivity contribution in [3.8, 4) is 0 Å². The molecule has 0 aliphatic carbocycles. The van der Waals surface area contributed by atoms with E-state index >= 15 is 0 Å². The Morgan fingerprint density at radius 2 is 1.93 bits per heavy atom. The van der Waals surface area contributed by atoms with Crippen LogP contribution < -0.4 is 24.0 Å². The molecule has 0 bridgehead atoms. The number of carbonyl (C=O) groups is 1. The predicted octanol–water partition coefficient (Wildman–Crippen LogP) is -3.70. The Morgan fingerprint density at radius 3 is 2.36 bits per heavy atom. The molecule has 0 unspecified atom stereocenters. The number of hydrogen-bond acceptors (Lipinski definition) is 4. The van der Waals surface area contributed by atoms with Crippen LogP contribution in [0.1, 0.15) is 10.4 Å². The summed E-state index contributed by atoms with van der Waals surface area (Å²) >= 11 is 0. The van der Waals surface area contributed by atoms with Gasteiger partial charge in [0.2, 0.25) is 0 Å². The molecule has 0 aliphatic rings. The molecule has 1 aromatic carbocycles. The molecule has 0 atom stereocenters. The van der Waals surface area contributed by atoms with Crippen molar-refractivity contribution in [3.05, 3.63) is 29.8 Å². The summed E-state index contributed by atoms with van der Waals surface area (Å²) in [6.07, 6.45) is 0. The zero-order chi connectivity index (χ0) is 10.1. The topological polar surface area (TPSA) is 94.5 Å². The molecule has 1 N–H and O–H groups in total. The van der Waals surface area contributed by atoms with Crippen molar-refractivity contribution < 1.29 is 41.7 Å². The molecule has 1 aromatic rings. The molecule has 0 fully saturated rings. The maximum absolute atomic E-state index is 10.5. The summed E-state index contributed by atoms with van der Waals surface area (Å²) in [6, 6.07) is 4.28. The van der Waals surface area contributed by atoms with Gasteiger partial charge in [0.1, 0.15) is 0 Å². The van der Waals surface area contributed by atoms with E-state index in [4.69, 9.17) is 4.55 Å². The monoisotopic (exact) mass is 208 g/mol. The van der Waals surface area contributed by atoms with Crippen LogP contribution in [-0.4, -0.2) is 18.9 Å². The quantitative estimate of drug-likeness (QED) is 0.398. The molecule has 0 radical (unpaired) electrons. The van der Waals surface area contributed by atoms with E-state index in [1.165, 1.54) is 12.1 Å². The standard InChI is InChI=1S/C7H6O5S.Li/c8-7(9)5-2-1-3-6(4-5)13(10,11)12;/h1-4H,(H,8,9)(H,10,11,12);/q;+1/p-1. The predicted molar refractivity (Wildman–Crippen MR) is 40.6 cm³/mol.